The SMILES string of the molecule is COc1ccc(C(=O)NCCNC(=O)c2cc([N+](=O)[O-])ccc2N(C)C)cc1. The predicted molar refractivity (Wildman–Crippen MR) is 105 cm³/mol. The monoisotopic (exact) mass is 386 g/mol. The summed E-state index contributed by atoms with van der Waals surface area (Å²) in [5, 5.41) is 16.3. The molecule has 0 aromatic heterocycles. The van der Waals surface area contributed by atoms with Gasteiger partial charge in [0.05, 0.1) is 17.6 Å². The number of methoxy groups -OCH3 is 1. The van der Waals surface area contributed by atoms with Gasteiger partial charge in [-0.1, -0.05) is 0 Å². The molecule has 0 aliphatic rings. The number of nitro groups is 1. The molecular formula is C19H22N4O5. The fourth-order valence-corrected chi connectivity index (χ4v) is 2.50. The van der Waals surface area contributed by atoms with E-state index in [1.807, 2.05) is 0 Å². The summed E-state index contributed by atoms with van der Waals surface area (Å²) in [7, 11) is 5.03. The maximum Gasteiger partial charge on any atom is 0.270 e. The van der Waals surface area contributed by atoms with E-state index in [0.29, 0.717) is 17.0 Å². The molecule has 0 unspecified atom stereocenters. The van der Waals surface area contributed by atoms with Gasteiger partial charge in [0.2, 0.25) is 0 Å². The largest absolute Gasteiger partial charge is 0.497 e. The molecule has 2 rings (SSSR count). The minimum absolute atomic E-state index is 0.163. The topological polar surface area (TPSA) is 114 Å². The third-order valence-corrected chi connectivity index (χ3v) is 3.97. The summed E-state index contributed by atoms with van der Waals surface area (Å²) >= 11 is 0. The van der Waals surface area contributed by atoms with Crippen molar-refractivity contribution in [3.63, 3.8) is 0 Å². The summed E-state index contributed by atoms with van der Waals surface area (Å²) < 4.78 is 5.04. The molecule has 0 atom stereocenters. The Kier molecular flexibility index (Phi) is 6.91. The maximum atomic E-state index is 12.4. The second kappa shape index (κ2) is 9.36. The lowest BCUT2D eigenvalue weighted by molar-refractivity contribution is -0.384. The number of amides is 2. The molecule has 0 saturated heterocycles. The van der Waals surface area contributed by atoms with Crippen molar-refractivity contribution in [1.82, 2.24) is 10.6 Å². The van der Waals surface area contributed by atoms with Gasteiger partial charge in [0.15, 0.2) is 0 Å². The number of carbonyl (C=O) groups excluding carboxylic acids is 2. The highest BCUT2D eigenvalue weighted by Gasteiger charge is 2.17. The molecule has 0 heterocycles. The van der Waals surface area contributed by atoms with E-state index in [1.165, 1.54) is 18.2 Å². The summed E-state index contributed by atoms with van der Waals surface area (Å²) in [5.41, 5.74) is 1.07. The number of nitrogens with one attached hydrogen (secondary N) is 2. The number of anilines is 1. The average molecular weight is 386 g/mol. The van der Waals surface area contributed by atoms with Crippen LogP contribution in [0.1, 0.15) is 20.7 Å². The molecule has 148 valence electrons. The lowest BCUT2D eigenvalue weighted by Crippen LogP contribution is -2.35. The van der Waals surface area contributed by atoms with Crippen molar-refractivity contribution in [3.05, 3.63) is 63.7 Å². The quantitative estimate of drug-likeness (QED) is 0.406. The highest BCUT2D eigenvalue weighted by Crippen LogP contribution is 2.24. The van der Waals surface area contributed by atoms with Crippen LogP contribution in [-0.4, -0.2) is 51.0 Å². The van der Waals surface area contributed by atoms with E-state index in [4.69, 9.17) is 4.74 Å². The number of nitrogens with zero attached hydrogens (tertiary/aromatic N) is 2. The van der Waals surface area contributed by atoms with E-state index in [9.17, 15) is 19.7 Å². The van der Waals surface area contributed by atoms with Crippen molar-refractivity contribution in [2.45, 2.75) is 0 Å². The zero-order valence-corrected chi connectivity index (χ0v) is 15.9. The molecule has 2 N–H and O–H groups in total. The first-order valence-corrected chi connectivity index (χ1v) is 8.49. The van der Waals surface area contributed by atoms with Crippen LogP contribution < -0.4 is 20.3 Å². The lowest BCUT2D eigenvalue weighted by atomic mass is 10.1. The minimum Gasteiger partial charge on any atom is -0.497 e. The highest BCUT2D eigenvalue weighted by molar-refractivity contribution is 6.00. The molecule has 2 amide bonds. The van der Waals surface area contributed by atoms with Crippen molar-refractivity contribution in [3.8, 4) is 5.75 Å². The first kappa shape index (κ1) is 20.7. The van der Waals surface area contributed by atoms with E-state index in [-0.39, 0.29) is 30.2 Å². The van der Waals surface area contributed by atoms with Gasteiger partial charge in [-0.2, -0.15) is 0 Å². The number of ether oxygens (including phenoxy) is 1. The summed E-state index contributed by atoms with van der Waals surface area (Å²) in [5.74, 6) is -0.0789. The molecule has 0 radical (unpaired) electrons. The first-order valence-electron chi connectivity index (χ1n) is 8.49. The highest BCUT2D eigenvalue weighted by atomic mass is 16.6. The van der Waals surface area contributed by atoms with Crippen molar-refractivity contribution in [2.24, 2.45) is 0 Å². The molecule has 0 saturated carbocycles. The Bertz CT molecular complexity index is 865. The zero-order chi connectivity index (χ0) is 20.7. The Balaban J connectivity index is 1.93. The standard InChI is InChI=1S/C19H22N4O5/c1-22(2)17-9-6-14(23(26)27)12-16(17)19(25)21-11-10-20-18(24)13-4-7-15(28-3)8-5-13/h4-9,12H,10-11H2,1-3H3,(H,20,24)(H,21,25). The summed E-state index contributed by atoms with van der Waals surface area (Å²) in [4.78, 5) is 36.6. The average Bonchev–Trinajstić information content (AvgIpc) is 2.70. The van der Waals surface area contributed by atoms with Crippen LogP contribution in [-0.2, 0) is 0 Å². The third kappa shape index (κ3) is 5.19. The fraction of sp³-hybridized carbons (Fsp3) is 0.263. The summed E-state index contributed by atoms with van der Waals surface area (Å²) in [6.45, 7) is 0.388. The third-order valence-electron chi connectivity index (χ3n) is 3.97. The van der Waals surface area contributed by atoms with Crippen molar-refractivity contribution < 1.29 is 19.2 Å². The molecule has 28 heavy (non-hydrogen) atoms. The minimum atomic E-state index is -0.550. The molecule has 9 heteroatoms. The summed E-state index contributed by atoms with van der Waals surface area (Å²) in [6.07, 6.45) is 0. The zero-order valence-electron chi connectivity index (χ0n) is 15.9. The second-order valence-corrected chi connectivity index (χ2v) is 6.09. The Hall–Kier alpha value is -3.62. The van der Waals surface area contributed by atoms with Gasteiger partial charge < -0.3 is 20.3 Å². The Labute approximate surface area is 162 Å². The van der Waals surface area contributed by atoms with Gasteiger partial charge in [-0.3, -0.25) is 19.7 Å². The number of hydrogen-bond donors (Lipinski definition) is 2. The van der Waals surface area contributed by atoms with E-state index in [1.54, 1.807) is 50.4 Å². The van der Waals surface area contributed by atoms with Crippen molar-refractivity contribution in [2.75, 3.05) is 39.2 Å². The van der Waals surface area contributed by atoms with E-state index < -0.39 is 10.8 Å². The van der Waals surface area contributed by atoms with Crippen LogP contribution in [0.25, 0.3) is 0 Å². The molecule has 2 aromatic rings. The molecule has 0 aliphatic carbocycles. The van der Waals surface area contributed by atoms with Crippen LogP contribution in [0.2, 0.25) is 0 Å². The lowest BCUT2D eigenvalue weighted by Gasteiger charge is -2.17. The number of benzene rings is 2. The van der Waals surface area contributed by atoms with Crippen LogP contribution in [0.5, 0.6) is 5.75 Å². The smallest absolute Gasteiger partial charge is 0.270 e. The van der Waals surface area contributed by atoms with E-state index in [0.717, 1.165) is 0 Å². The van der Waals surface area contributed by atoms with Gasteiger partial charge in [-0.25, -0.2) is 0 Å². The second-order valence-electron chi connectivity index (χ2n) is 6.09. The number of rotatable bonds is 8. The molecule has 0 aliphatic heterocycles. The first-order chi connectivity index (χ1) is 13.3. The van der Waals surface area contributed by atoms with Crippen LogP contribution in [0.3, 0.4) is 0 Å². The van der Waals surface area contributed by atoms with Gasteiger partial charge in [-0.05, 0) is 30.3 Å². The van der Waals surface area contributed by atoms with Gasteiger partial charge >= 0.3 is 0 Å². The molecule has 0 spiro atoms. The molecule has 9 nitrogen and oxygen atoms in total. The van der Waals surface area contributed by atoms with Crippen LogP contribution in [0.15, 0.2) is 42.5 Å². The Morgan fingerprint density at radius 1 is 1.04 bits per heavy atom. The Morgan fingerprint density at radius 3 is 2.18 bits per heavy atom. The van der Waals surface area contributed by atoms with Crippen molar-refractivity contribution >= 4 is 23.2 Å². The number of nitro benzene ring substituents is 1. The number of non-ortho nitro benzene ring substituents is 1. The normalized spacial score (nSPS) is 10.1. The number of carbonyl (C=O) groups is 2. The van der Waals surface area contributed by atoms with Crippen LogP contribution >= 0.6 is 0 Å². The fourth-order valence-electron chi connectivity index (χ4n) is 2.50. The van der Waals surface area contributed by atoms with E-state index >= 15 is 0 Å². The van der Waals surface area contributed by atoms with Gasteiger partial charge in [0.1, 0.15) is 5.75 Å². The maximum absolute atomic E-state index is 12.4. The predicted octanol–water partition coefficient (Wildman–Crippen LogP) is 1.83. The van der Waals surface area contributed by atoms with Gasteiger partial charge in [-0.15, -0.1) is 0 Å². The van der Waals surface area contributed by atoms with Crippen molar-refractivity contribution in [1.29, 1.82) is 0 Å². The van der Waals surface area contributed by atoms with E-state index in [2.05, 4.69) is 10.6 Å². The summed E-state index contributed by atoms with van der Waals surface area (Å²) in [6, 6.07) is 10.8. The number of hydrogen-bond acceptors (Lipinski definition) is 6. The van der Waals surface area contributed by atoms with Crippen LogP contribution in [0, 0.1) is 10.1 Å². The molecule has 0 fully saturated rings. The van der Waals surface area contributed by atoms with Crippen LogP contribution in [0.4, 0.5) is 11.4 Å². The molecular weight excluding hydrogens is 364 g/mol. The molecule has 0 bridgehead atoms. The van der Waals surface area contributed by atoms with Gasteiger partial charge in [0, 0.05) is 50.6 Å². The molecule has 2 aromatic carbocycles. The van der Waals surface area contributed by atoms with Gasteiger partial charge in [0.25, 0.3) is 17.5 Å². The Morgan fingerprint density at radius 2 is 1.64 bits per heavy atom.